The standard InChI is InChI=1S/C13H22N2O2S/c1-5-8-14-10-12-9-13(7-6-11(12)2)18(16,17)15(3)4/h6-7,9,14H,5,8,10H2,1-4H3. The van der Waals surface area contributed by atoms with E-state index in [4.69, 9.17) is 0 Å². The van der Waals surface area contributed by atoms with Crippen molar-refractivity contribution in [1.29, 1.82) is 0 Å². The van der Waals surface area contributed by atoms with Crippen molar-refractivity contribution >= 4 is 10.0 Å². The molecule has 0 aliphatic carbocycles. The molecule has 0 aromatic heterocycles. The molecule has 0 unspecified atom stereocenters. The van der Waals surface area contributed by atoms with Crippen LogP contribution < -0.4 is 5.32 Å². The maximum atomic E-state index is 12.0. The quantitative estimate of drug-likeness (QED) is 0.801. The zero-order chi connectivity index (χ0) is 13.8. The highest BCUT2D eigenvalue weighted by atomic mass is 32.2. The number of rotatable bonds is 6. The van der Waals surface area contributed by atoms with Gasteiger partial charge in [-0.3, -0.25) is 0 Å². The molecule has 1 aromatic carbocycles. The Bertz CT molecular complexity index is 496. The van der Waals surface area contributed by atoms with E-state index >= 15 is 0 Å². The van der Waals surface area contributed by atoms with Gasteiger partial charge in [0, 0.05) is 20.6 Å². The fourth-order valence-electron chi connectivity index (χ4n) is 1.61. The molecule has 0 atom stereocenters. The van der Waals surface area contributed by atoms with Gasteiger partial charge in [0.25, 0.3) is 0 Å². The number of aryl methyl sites for hydroxylation is 1. The summed E-state index contributed by atoms with van der Waals surface area (Å²) in [6.45, 7) is 5.74. The van der Waals surface area contributed by atoms with Gasteiger partial charge in [0.05, 0.1) is 4.90 Å². The minimum Gasteiger partial charge on any atom is -0.313 e. The van der Waals surface area contributed by atoms with Gasteiger partial charge in [-0.05, 0) is 43.1 Å². The van der Waals surface area contributed by atoms with Crippen LogP contribution in [0.15, 0.2) is 23.1 Å². The first-order valence-corrected chi connectivity index (χ1v) is 7.56. The van der Waals surface area contributed by atoms with Crippen molar-refractivity contribution in [1.82, 2.24) is 9.62 Å². The highest BCUT2D eigenvalue weighted by Gasteiger charge is 2.17. The summed E-state index contributed by atoms with van der Waals surface area (Å²) < 4.78 is 25.3. The third kappa shape index (κ3) is 3.54. The third-order valence-electron chi connectivity index (χ3n) is 2.84. The molecule has 0 saturated carbocycles. The van der Waals surface area contributed by atoms with E-state index in [1.807, 2.05) is 13.0 Å². The Balaban J connectivity index is 3.01. The second kappa shape index (κ2) is 6.31. The van der Waals surface area contributed by atoms with Crippen LogP contribution in [0, 0.1) is 6.92 Å². The molecule has 1 rings (SSSR count). The predicted octanol–water partition coefficient (Wildman–Crippen LogP) is 1.74. The molecular formula is C13H22N2O2S. The average Bonchev–Trinajstić information content (AvgIpc) is 2.31. The molecule has 18 heavy (non-hydrogen) atoms. The summed E-state index contributed by atoms with van der Waals surface area (Å²) in [5, 5.41) is 3.29. The molecule has 0 fully saturated rings. The van der Waals surface area contributed by atoms with Gasteiger partial charge < -0.3 is 5.32 Å². The van der Waals surface area contributed by atoms with E-state index in [0.717, 1.165) is 24.1 Å². The molecule has 5 heteroatoms. The Morgan fingerprint density at radius 1 is 1.28 bits per heavy atom. The molecule has 0 amide bonds. The molecule has 0 bridgehead atoms. The van der Waals surface area contributed by atoms with E-state index in [1.165, 1.54) is 4.31 Å². The highest BCUT2D eigenvalue weighted by Crippen LogP contribution is 2.17. The normalized spacial score (nSPS) is 12.1. The molecule has 0 aliphatic heterocycles. The maximum absolute atomic E-state index is 12.0. The first-order chi connectivity index (χ1) is 8.39. The molecule has 1 N–H and O–H groups in total. The molecule has 0 spiro atoms. The molecule has 0 heterocycles. The SMILES string of the molecule is CCCNCc1cc(S(=O)(=O)N(C)C)ccc1C. The zero-order valence-electron chi connectivity index (χ0n) is 11.5. The lowest BCUT2D eigenvalue weighted by Gasteiger charge is -2.14. The summed E-state index contributed by atoms with van der Waals surface area (Å²) in [5.74, 6) is 0. The summed E-state index contributed by atoms with van der Waals surface area (Å²) in [4.78, 5) is 0.353. The van der Waals surface area contributed by atoms with Crippen LogP contribution in [0.25, 0.3) is 0 Å². The van der Waals surface area contributed by atoms with Crippen LogP contribution in [0.5, 0.6) is 0 Å². The monoisotopic (exact) mass is 270 g/mol. The summed E-state index contributed by atoms with van der Waals surface area (Å²) in [6, 6.07) is 5.28. The van der Waals surface area contributed by atoms with E-state index in [9.17, 15) is 8.42 Å². The topological polar surface area (TPSA) is 49.4 Å². The van der Waals surface area contributed by atoms with Crippen molar-refractivity contribution < 1.29 is 8.42 Å². The third-order valence-corrected chi connectivity index (χ3v) is 4.65. The summed E-state index contributed by atoms with van der Waals surface area (Å²) in [6.07, 6.45) is 1.06. The van der Waals surface area contributed by atoms with Crippen molar-refractivity contribution in [2.24, 2.45) is 0 Å². The maximum Gasteiger partial charge on any atom is 0.242 e. The summed E-state index contributed by atoms with van der Waals surface area (Å²) >= 11 is 0. The lowest BCUT2D eigenvalue weighted by molar-refractivity contribution is 0.520. The number of sulfonamides is 1. The van der Waals surface area contributed by atoms with E-state index in [1.54, 1.807) is 26.2 Å². The Hall–Kier alpha value is -0.910. The van der Waals surface area contributed by atoms with Crippen LogP contribution in [0.3, 0.4) is 0 Å². The highest BCUT2D eigenvalue weighted by molar-refractivity contribution is 7.89. The number of nitrogens with one attached hydrogen (secondary N) is 1. The number of hydrogen-bond acceptors (Lipinski definition) is 3. The number of nitrogens with zero attached hydrogens (tertiary/aromatic N) is 1. The predicted molar refractivity (Wildman–Crippen MR) is 74.0 cm³/mol. The van der Waals surface area contributed by atoms with Crippen molar-refractivity contribution in [3.63, 3.8) is 0 Å². The van der Waals surface area contributed by atoms with Crippen molar-refractivity contribution in [3.8, 4) is 0 Å². The van der Waals surface area contributed by atoms with Crippen LogP contribution in [-0.2, 0) is 16.6 Å². The molecular weight excluding hydrogens is 248 g/mol. The van der Waals surface area contributed by atoms with Gasteiger partial charge in [0.1, 0.15) is 0 Å². The van der Waals surface area contributed by atoms with Gasteiger partial charge >= 0.3 is 0 Å². The molecule has 4 nitrogen and oxygen atoms in total. The first kappa shape index (κ1) is 15.1. The Morgan fingerprint density at radius 2 is 1.94 bits per heavy atom. The molecule has 1 aromatic rings. The largest absolute Gasteiger partial charge is 0.313 e. The van der Waals surface area contributed by atoms with Gasteiger partial charge in [0.2, 0.25) is 10.0 Å². The van der Waals surface area contributed by atoms with Crippen LogP contribution >= 0.6 is 0 Å². The minimum absolute atomic E-state index is 0.353. The number of benzene rings is 1. The van der Waals surface area contributed by atoms with Crippen molar-refractivity contribution in [3.05, 3.63) is 29.3 Å². The van der Waals surface area contributed by atoms with E-state index in [-0.39, 0.29) is 0 Å². The van der Waals surface area contributed by atoms with E-state index in [2.05, 4.69) is 12.2 Å². The minimum atomic E-state index is -3.34. The lowest BCUT2D eigenvalue weighted by atomic mass is 10.1. The Kier molecular flexibility index (Phi) is 5.31. The van der Waals surface area contributed by atoms with E-state index < -0.39 is 10.0 Å². The second-order valence-corrected chi connectivity index (χ2v) is 6.70. The fraction of sp³-hybridized carbons (Fsp3) is 0.538. The molecule has 0 aliphatic rings. The molecule has 102 valence electrons. The Labute approximate surface area is 110 Å². The molecule has 0 radical (unpaired) electrons. The van der Waals surface area contributed by atoms with Crippen molar-refractivity contribution in [2.45, 2.75) is 31.7 Å². The summed E-state index contributed by atoms with van der Waals surface area (Å²) in [7, 11) is -0.250. The van der Waals surface area contributed by atoms with Crippen LogP contribution in [0.4, 0.5) is 0 Å². The van der Waals surface area contributed by atoms with Crippen LogP contribution in [-0.4, -0.2) is 33.4 Å². The Morgan fingerprint density at radius 3 is 2.50 bits per heavy atom. The zero-order valence-corrected chi connectivity index (χ0v) is 12.3. The average molecular weight is 270 g/mol. The number of hydrogen-bond donors (Lipinski definition) is 1. The lowest BCUT2D eigenvalue weighted by Crippen LogP contribution is -2.23. The smallest absolute Gasteiger partial charge is 0.242 e. The van der Waals surface area contributed by atoms with Gasteiger partial charge in [-0.2, -0.15) is 0 Å². The van der Waals surface area contributed by atoms with Crippen LogP contribution in [0.2, 0.25) is 0 Å². The van der Waals surface area contributed by atoms with Crippen molar-refractivity contribution in [2.75, 3.05) is 20.6 Å². The van der Waals surface area contributed by atoms with Gasteiger partial charge in [-0.25, -0.2) is 12.7 Å². The fourth-order valence-corrected chi connectivity index (χ4v) is 2.56. The van der Waals surface area contributed by atoms with Gasteiger partial charge in [-0.15, -0.1) is 0 Å². The second-order valence-electron chi connectivity index (χ2n) is 4.55. The molecule has 0 saturated heterocycles. The van der Waals surface area contributed by atoms with Crippen LogP contribution in [0.1, 0.15) is 24.5 Å². The summed E-state index contributed by atoms with van der Waals surface area (Å²) in [5.41, 5.74) is 2.14. The first-order valence-electron chi connectivity index (χ1n) is 6.12. The van der Waals surface area contributed by atoms with Gasteiger partial charge in [0.15, 0.2) is 0 Å². The van der Waals surface area contributed by atoms with E-state index in [0.29, 0.717) is 11.4 Å². The van der Waals surface area contributed by atoms with Gasteiger partial charge in [-0.1, -0.05) is 13.0 Å².